The highest BCUT2D eigenvalue weighted by molar-refractivity contribution is 6.01. The van der Waals surface area contributed by atoms with Crippen molar-refractivity contribution in [1.82, 2.24) is 14.5 Å². The number of anilines is 1. The molecule has 5 rings (SSSR count). The summed E-state index contributed by atoms with van der Waals surface area (Å²) >= 11 is 0. The SMILES string of the molecule is CCC1Cc2cc(-c3cn(C4CCOCC4)c4ncnc(N)c34)ccc2OC1=N. The lowest BCUT2D eigenvalue weighted by Gasteiger charge is -2.25. The molecular weight excluding hydrogens is 366 g/mol. The first-order valence-electron chi connectivity index (χ1n) is 10.2. The first-order chi connectivity index (χ1) is 14.2. The number of hydrogen-bond donors (Lipinski definition) is 2. The molecule has 1 fully saturated rings. The van der Waals surface area contributed by atoms with E-state index in [2.05, 4.69) is 33.7 Å². The number of nitrogen functional groups attached to an aromatic ring is 1. The fraction of sp³-hybridized carbons (Fsp3) is 0.409. The van der Waals surface area contributed by atoms with Gasteiger partial charge in [-0.05, 0) is 48.9 Å². The van der Waals surface area contributed by atoms with Gasteiger partial charge in [0.15, 0.2) is 5.90 Å². The number of nitrogens with one attached hydrogen (secondary N) is 1. The molecule has 2 aliphatic rings. The van der Waals surface area contributed by atoms with Crippen LogP contribution < -0.4 is 10.5 Å². The van der Waals surface area contributed by atoms with E-state index in [4.69, 9.17) is 20.6 Å². The van der Waals surface area contributed by atoms with Crippen molar-refractivity contribution in [2.45, 2.75) is 38.6 Å². The molecule has 7 heteroatoms. The third-order valence-electron chi connectivity index (χ3n) is 6.14. The van der Waals surface area contributed by atoms with Gasteiger partial charge >= 0.3 is 0 Å². The van der Waals surface area contributed by atoms with E-state index in [1.807, 2.05) is 12.1 Å². The normalized spacial score (nSPS) is 19.9. The highest BCUT2D eigenvalue weighted by Gasteiger charge is 2.26. The van der Waals surface area contributed by atoms with E-state index in [1.54, 1.807) is 0 Å². The molecule has 2 aromatic heterocycles. The summed E-state index contributed by atoms with van der Waals surface area (Å²) < 4.78 is 13.5. The topological polar surface area (TPSA) is 99.0 Å². The first-order valence-corrected chi connectivity index (χ1v) is 10.2. The average molecular weight is 391 g/mol. The van der Waals surface area contributed by atoms with Crippen LogP contribution in [0.4, 0.5) is 5.82 Å². The number of rotatable bonds is 3. The fourth-order valence-electron chi connectivity index (χ4n) is 4.46. The number of hydrogen-bond acceptors (Lipinski definition) is 6. The third-order valence-corrected chi connectivity index (χ3v) is 6.14. The summed E-state index contributed by atoms with van der Waals surface area (Å²) in [5.74, 6) is 1.77. The molecule has 1 atom stereocenters. The maximum atomic E-state index is 8.08. The van der Waals surface area contributed by atoms with Crippen molar-refractivity contribution in [1.29, 1.82) is 5.41 Å². The number of nitrogens with two attached hydrogens (primary N) is 1. The number of fused-ring (bicyclic) bond motifs is 2. The summed E-state index contributed by atoms with van der Waals surface area (Å²) in [6.45, 7) is 3.62. The highest BCUT2D eigenvalue weighted by Crippen LogP contribution is 2.39. The van der Waals surface area contributed by atoms with Gasteiger partial charge in [0.1, 0.15) is 23.5 Å². The highest BCUT2D eigenvalue weighted by atomic mass is 16.5. The van der Waals surface area contributed by atoms with Gasteiger partial charge < -0.3 is 19.8 Å². The zero-order chi connectivity index (χ0) is 20.0. The molecular formula is C22H25N5O2. The molecule has 0 aliphatic carbocycles. The molecule has 3 aromatic rings. The predicted molar refractivity (Wildman–Crippen MR) is 112 cm³/mol. The third kappa shape index (κ3) is 3.06. The van der Waals surface area contributed by atoms with Crippen LogP contribution >= 0.6 is 0 Å². The van der Waals surface area contributed by atoms with E-state index < -0.39 is 0 Å². The van der Waals surface area contributed by atoms with Crippen LogP contribution in [-0.2, 0) is 11.2 Å². The zero-order valence-corrected chi connectivity index (χ0v) is 16.5. The molecule has 0 saturated carbocycles. The van der Waals surface area contributed by atoms with Crippen LogP contribution in [0.5, 0.6) is 5.75 Å². The van der Waals surface area contributed by atoms with Crippen LogP contribution in [0, 0.1) is 11.3 Å². The number of ether oxygens (including phenoxy) is 2. The second-order valence-electron chi connectivity index (χ2n) is 7.85. The van der Waals surface area contributed by atoms with Crippen molar-refractivity contribution in [2.24, 2.45) is 5.92 Å². The standard InChI is InChI=1S/C22H25N5O2/c1-2-13-9-15-10-14(3-4-18(15)29-21(13)24)17-11-27(16-5-7-28-8-6-16)22-19(17)20(23)25-12-26-22/h3-4,10-13,16,24H,2,5-9H2,1H3,(H2,23,25,26). The van der Waals surface area contributed by atoms with Crippen molar-refractivity contribution in [3.05, 3.63) is 36.3 Å². The number of nitrogens with zero attached hydrogens (tertiary/aromatic N) is 3. The van der Waals surface area contributed by atoms with Gasteiger partial charge in [-0.2, -0.15) is 0 Å². The van der Waals surface area contributed by atoms with E-state index in [0.717, 1.165) is 72.4 Å². The van der Waals surface area contributed by atoms with Crippen LogP contribution in [0.2, 0.25) is 0 Å². The minimum Gasteiger partial charge on any atom is -0.443 e. The lowest BCUT2D eigenvalue weighted by atomic mass is 9.91. The summed E-state index contributed by atoms with van der Waals surface area (Å²) in [6.07, 6.45) is 7.35. The predicted octanol–water partition coefficient (Wildman–Crippen LogP) is 3.97. The summed E-state index contributed by atoms with van der Waals surface area (Å²) in [4.78, 5) is 8.81. The fourth-order valence-corrected chi connectivity index (χ4v) is 4.46. The molecule has 29 heavy (non-hydrogen) atoms. The quantitative estimate of drug-likeness (QED) is 0.704. The minimum atomic E-state index is 0.134. The van der Waals surface area contributed by atoms with Crippen molar-refractivity contribution in [3.63, 3.8) is 0 Å². The Balaban J connectivity index is 1.63. The molecule has 150 valence electrons. The van der Waals surface area contributed by atoms with Gasteiger partial charge in [0.2, 0.25) is 0 Å². The summed E-state index contributed by atoms with van der Waals surface area (Å²) in [7, 11) is 0. The molecule has 4 heterocycles. The summed E-state index contributed by atoms with van der Waals surface area (Å²) in [6, 6.07) is 6.51. The molecule has 1 unspecified atom stereocenters. The Labute approximate surface area is 169 Å². The molecule has 0 amide bonds. The monoisotopic (exact) mass is 391 g/mol. The molecule has 0 radical (unpaired) electrons. The second kappa shape index (κ2) is 7.15. The Morgan fingerprint density at radius 3 is 2.86 bits per heavy atom. The minimum absolute atomic E-state index is 0.134. The van der Waals surface area contributed by atoms with E-state index in [0.29, 0.717) is 17.8 Å². The van der Waals surface area contributed by atoms with Crippen LogP contribution in [0.3, 0.4) is 0 Å². The Morgan fingerprint density at radius 1 is 1.24 bits per heavy atom. The van der Waals surface area contributed by atoms with Gasteiger partial charge in [-0.3, -0.25) is 5.41 Å². The van der Waals surface area contributed by atoms with Crippen molar-refractivity contribution in [3.8, 4) is 16.9 Å². The average Bonchev–Trinajstić information content (AvgIpc) is 3.14. The van der Waals surface area contributed by atoms with Gasteiger partial charge in [0.05, 0.1) is 5.39 Å². The van der Waals surface area contributed by atoms with Gasteiger partial charge in [-0.25, -0.2) is 9.97 Å². The van der Waals surface area contributed by atoms with Crippen molar-refractivity contribution in [2.75, 3.05) is 18.9 Å². The van der Waals surface area contributed by atoms with Crippen molar-refractivity contribution < 1.29 is 9.47 Å². The molecule has 2 aliphatic heterocycles. The summed E-state index contributed by atoms with van der Waals surface area (Å²) in [5.41, 5.74) is 10.4. The molecule has 3 N–H and O–H groups in total. The largest absolute Gasteiger partial charge is 0.443 e. The van der Waals surface area contributed by atoms with Gasteiger partial charge in [-0.15, -0.1) is 0 Å². The van der Waals surface area contributed by atoms with E-state index in [-0.39, 0.29) is 5.92 Å². The molecule has 1 saturated heterocycles. The zero-order valence-electron chi connectivity index (χ0n) is 16.5. The molecule has 0 spiro atoms. The van der Waals surface area contributed by atoms with Gasteiger partial charge in [0, 0.05) is 36.9 Å². The van der Waals surface area contributed by atoms with Crippen LogP contribution in [0.1, 0.15) is 37.8 Å². The molecule has 1 aromatic carbocycles. The number of benzene rings is 1. The maximum absolute atomic E-state index is 8.08. The smallest absolute Gasteiger partial charge is 0.190 e. The van der Waals surface area contributed by atoms with E-state index in [9.17, 15) is 0 Å². The van der Waals surface area contributed by atoms with Crippen LogP contribution in [-0.4, -0.2) is 33.6 Å². The Bertz CT molecular complexity index is 1080. The Morgan fingerprint density at radius 2 is 2.07 bits per heavy atom. The summed E-state index contributed by atoms with van der Waals surface area (Å²) in [5, 5.41) is 8.98. The van der Waals surface area contributed by atoms with E-state index in [1.165, 1.54) is 6.33 Å². The molecule has 7 nitrogen and oxygen atoms in total. The Hall–Kier alpha value is -2.93. The maximum Gasteiger partial charge on any atom is 0.190 e. The van der Waals surface area contributed by atoms with Crippen molar-refractivity contribution >= 4 is 22.7 Å². The number of aromatic nitrogens is 3. The lowest BCUT2D eigenvalue weighted by molar-refractivity contribution is 0.0706. The second-order valence-corrected chi connectivity index (χ2v) is 7.85. The van der Waals surface area contributed by atoms with Crippen LogP contribution in [0.15, 0.2) is 30.7 Å². The first kappa shape index (κ1) is 18.1. The van der Waals surface area contributed by atoms with Gasteiger partial charge in [0.25, 0.3) is 0 Å². The molecule has 0 bridgehead atoms. The Kier molecular flexibility index (Phi) is 4.47. The lowest BCUT2D eigenvalue weighted by Crippen LogP contribution is -2.26. The van der Waals surface area contributed by atoms with E-state index >= 15 is 0 Å². The van der Waals surface area contributed by atoms with Crippen LogP contribution in [0.25, 0.3) is 22.2 Å². The van der Waals surface area contributed by atoms with Gasteiger partial charge in [-0.1, -0.05) is 13.0 Å².